The highest BCUT2D eigenvalue weighted by molar-refractivity contribution is 7.09. The van der Waals surface area contributed by atoms with E-state index in [9.17, 15) is 9.90 Å². The lowest BCUT2D eigenvalue weighted by molar-refractivity contribution is -0.149. The molecule has 0 radical (unpaired) electrons. The number of aryl methyl sites for hydroxylation is 1. The Morgan fingerprint density at radius 3 is 2.95 bits per heavy atom. The molecule has 1 aromatic heterocycles. The molecule has 1 saturated heterocycles. The van der Waals surface area contributed by atoms with Crippen molar-refractivity contribution in [3.63, 3.8) is 0 Å². The average molecular weight is 283 g/mol. The fourth-order valence-corrected chi connectivity index (χ4v) is 3.34. The van der Waals surface area contributed by atoms with Gasteiger partial charge in [0.15, 0.2) is 0 Å². The number of hydrogen-bond donors (Lipinski definition) is 1. The fraction of sp³-hybridized carbons (Fsp3) is 0.769. The fourth-order valence-electron chi connectivity index (χ4n) is 2.61. The molecule has 6 heteroatoms. The van der Waals surface area contributed by atoms with E-state index in [-0.39, 0.29) is 0 Å². The number of carboxylic acid groups (broad SMARTS) is 1. The third-order valence-corrected chi connectivity index (χ3v) is 4.72. The van der Waals surface area contributed by atoms with Crippen LogP contribution >= 0.6 is 11.5 Å². The lowest BCUT2D eigenvalue weighted by atomic mass is 9.78. The first kappa shape index (κ1) is 14.2. The largest absolute Gasteiger partial charge is 0.481 e. The maximum atomic E-state index is 11.5. The van der Waals surface area contributed by atoms with Gasteiger partial charge in [-0.3, -0.25) is 4.79 Å². The lowest BCUT2D eigenvalue weighted by Crippen LogP contribution is -2.47. The highest BCUT2D eigenvalue weighted by Crippen LogP contribution is 2.36. The molecule has 1 fully saturated rings. The first-order valence-corrected chi connectivity index (χ1v) is 7.69. The minimum atomic E-state index is -0.682. The Hall–Kier alpha value is -1.17. The van der Waals surface area contributed by atoms with E-state index >= 15 is 0 Å². The molecule has 19 heavy (non-hydrogen) atoms. The van der Waals surface area contributed by atoms with Crippen LogP contribution in [-0.2, 0) is 11.2 Å². The monoisotopic (exact) mass is 283 g/mol. The Labute approximate surface area is 117 Å². The second kappa shape index (κ2) is 5.86. The van der Waals surface area contributed by atoms with Crippen molar-refractivity contribution in [3.05, 3.63) is 5.82 Å². The Kier molecular flexibility index (Phi) is 4.39. The van der Waals surface area contributed by atoms with Gasteiger partial charge in [0.1, 0.15) is 5.82 Å². The van der Waals surface area contributed by atoms with Crippen LogP contribution in [-0.4, -0.2) is 33.5 Å². The number of piperidine rings is 1. The molecule has 2 rings (SSSR count). The smallest absolute Gasteiger partial charge is 0.311 e. The number of anilines is 1. The molecule has 1 atom stereocenters. The minimum absolute atomic E-state index is 0.555. The van der Waals surface area contributed by atoms with Crippen LogP contribution in [0.5, 0.6) is 0 Å². The molecular weight excluding hydrogens is 262 g/mol. The van der Waals surface area contributed by atoms with Gasteiger partial charge >= 0.3 is 5.97 Å². The molecule has 0 amide bonds. The van der Waals surface area contributed by atoms with E-state index in [0.717, 1.165) is 43.2 Å². The molecule has 0 aromatic carbocycles. The van der Waals surface area contributed by atoms with Crippen LogP contribution in [0.3, 0.4) is 0 Å². The van der Waals surface area contributed by atoms with Gasteiger partial charge in [0.05, 0.1) is 5.41 Å². The predicted octanol–water partition coefficient (Wildman–Crippen LogP) is 2.57. The molecule has 0 saturated carbocycles. The number of carboxylic acids is 1. The van der Waals surface area contributed by atoms with Crippen LogP contribution in [0.4, 0.5) is 5.13 Å². The van der Waals surface area contributed by atoms with Crippen molar-refractivity contribution in [2.24, 2.45) is 5.41 Å². The third kappa shape index (κ3) is 2.88. The van der Waals surface area contributed by atoms with Gasteiger partial charge in [-0.25, -0.2) is 4.98 Å². The highest BCUT2D eigenvalue weighted by atomic mass is 32.1. The Morgan fingerprint density at radius 2 is 2.32 bits per heavy atom. The standard InChI is InChI=1S/C13H21N3O2S/c1-3-6-10-14-12(19-15-10)16-8-5-7-13(4-2,9-16)11(17)18/h3-9H2,1-2H3,(H,17,18). The number of hydrogen-bond acceptors (Lipinski definition) is 5. The number of nitrogens with zero attached hydrogens (tertiary/aromatic N) is 3. The summed E-state index contributed by atoms with van der Waals surface area (Å²) in [6, 6.07) is 0. The number of aromatic nitrogens is 2. The Morgan fingerprint density at radius 1 is 1.53 bits per heavy atom. The summed E-state index contributed by atoms with van der Waals surface area (Å²) >= 11 is 1.39. The average Bonchev–Trinajstić information content (AvgIpc) is 2.87. The molecule has 106 valence electrons. The van der Waals surface area contributed by atoms with E-state index in [2.05, 4.69) is 21.2 Å². The van der Waals surface area contributed by atoms with Crippen molar-refractivity contribution in [3.8, 4) is 0 Å². The normalized spacial score (nSPS) is 23.6. The van der Waals surface area contributed by atoms with Crippen LogP contribution in [0, 0.1) is 5.41 Å². The Bertz CT molecular complexity index is 449. The van der Waals surface area contributed by atoms with E-state index in [4.69, 9.17) is 0 Å². The van der Waals surface area contributed by atoms with Gasteiger partial charge in [0.2, 0.25) is 5.13 Å². The van der Waals surface area contributed by atoms with Gasteiger partial charge in [-0.1, -0.05) is 13.8 Å². The van der Waals surface area contributed by atoms with Gasteiger partial charge < -0.3 is 10.0 Å². The van der Waals surface area contributed by atoms with Gasteiger partial charge in [0, 0.05) is 31.0 Å². The second-order valence-electron chi connectivity index (χ2n) is 5.21. The summed E-state index contributed by atoms with van der Waals surface area (Å²) in [7, 11) is 0. The van der Waals surface area contributed by atoms with E-state index < -0.39 is 11.4 Å². The zero-order valence-electron chi connectivity index (χ0n) is 11.6. The highest BCUT2D eigenvalue weighted by Gasteiger charge is 2.41. The van der Waals surface area contributed by atoms with E-state index in [1.165, 1.54) is 11.5 Å². The van der Waals surface area contributed by atoms with Crippen molar-refractivity contribution < 1.29 is 9.90 Å². The molecule has 1 aliphatic heterocycles. The third-order valence-electron chi connectivity index (χ3n) is 3.91. The zero-order chi connectivity index (χ0) is 13.9. The Balaban J connectivity index is 2.13. The van der Waals surface area contributed by atoms with Crippen molar-refractivity contribution >= 4 is 22.6 Å². The van der Waals surface area contributed by atoms with Gasteiger partial charge in [-0.05, 0) is 25.7 Å². The summed E-state index contributed by atoms with van der Waals surface area (Å²) in [5.74, 6) is 0.198. The predicted molar refractivity (Wildman–Crippen MR) is 75.7 cm³/mol. The number of rotatable bonds is 5. The molecule has 2 heterocycles. The molecule has 0 spiro atoms. The molecule has 0 bridgehead atoms. The van der Waals surface area contributed by atoms with Gasteiger partial charge in [-0.2, -0.15) is 4.37 Å². The van der Waals surface area contributed by atoms with Crippen LogP contribution in [0.25, 0.3) is 0 Å². The molecule has 1 unspecified atom stereocenters. The maximum absolute atomic E-state index is 11.5. The SMILES string of the molecule is CCCc1nsc(N2CCCC(CC)(C(=O)O)C2)n1. The van der Waals surface area contributed by atoms with Crippen LogP contribution in [0.1, 0.15) is 45.4 Å². The first-order valence-electron chi connectivity index (χ1n) is 6.92. The van der Waals surface area contributed by atoms with Gasteiger partial charge in [0.25, 0.3) is 0 Å². The first-order chi connectivity index (χ1) is 9.11. The summed E-state index contributed by atoms with van der Waals surface area (Å²) in [6.07, 6.45) is 4.25. The summed E-state index contributed by atoms with van der Waals surface area (Å²) < 4.78 is 4.34. The van der Waals surface area contributed by atoms with E-state index in [0.29, 0.717) is 13.0 Å². The molecule has 1 aliphatic rings. The molecule has 0 aliphatic carbocycles. The van der Waals surface area contributed by atoms with E-state index in [1.807, 2.05) is 6.92 Å². The number of aliphatic carboxylic acids is 1. The lowest BCUT2D eigenvalue weighted by Gasteiger charge is -2.39. The van der Waals surface area contributed by atoms with Crippen molar-refractivity contribution in [2.75, 3.05) is 18.0 Å². The second-order valence-corrected chi connectivity index (χ2v) is 5.94. The van der Waals surface area contributed by atoms with Crippen molar-refractivity contribution in [1.82, 2.24) is 9.36 Å². The quantitative estimate of drug-likeness (QED) is 0.899. The van der Waals surface area contributed by atoms with Gasteiger partial charge in [-0.15, -0.1) is 0 Å². The summed E-state index contributed by atoms with van der Waals surface area (Å²) in [4.78, 5) is 18.2. The van der Waals surface area contributed by atoms with Crippen LogP contribution < -0.4 is 4.90 Å². The molecular formula is C13H21N3O2S. The topological polar surface area (TPSA) is 66.3 Å². The summed E-state index contributed by atoms with van der Waals surface area (Å²) in [5.41, 5.74) is -0.616. The van der Waals surface area contributed by atoms with Crippen LogP contribution in [0.15, 0.2) is 0 Å². The van der Waals surface area contributed by atoms with Crippen molar-refractivity contribution in [2.45, 2.75) is 46.0 Å². The van der Waals surface area contributed by atoms with Crippen LogP contribution in [0.2, 0.25) is 0 Å². The number of carbonyl (C=O) groups is 1. The maximum Gasteiger partial charge on any atom is 0.311 e. The van der Waals surface area contributed by atoms with Crippen molar-refractivity contribution in [1.29, 1.82) is 0 Å². The summed E-state index contributed by atoms with van der Waals surface area (Å²) in [6.45, 7) is 5.50. The van der Waals surface area contributed by atoms with E-state index in [1.54, 1.807) is 0 Å². The molecule has 1 N–H and O–H groups in total. The molecule has 5 nitrogen and oxygen atoms in total. The minimum Gasteiger partial charge on any atom is -0.481 e. The zero-order valence-corrected chi connectivity index (χ0v) is 12.4. The summed E-state index contributed by atoms with van der Waals surface area (Å²) in [5, 5.41) is 10.4. The molecule has 1 aromatic rings.